The molecule has 0 aliphatic carbocycles. The lowest BCUT2D eigenvalue weighted by Gasteiger charge is -2.11. The Kier molecular flexibility index (Phi) is 7.03. The van der Waals surface area contributed by atoms with Gasteiger partial charge in [0.25, 0.3) is 0 Å². The Morgan fingerprint density at radius 1 is 0.333 bits per heavy atom. The zero-order chi connectivity index (χ0) is 37.5. The normalized spacial score (nSPS) is 11.9. The molecule has 0 saturated heterocycles. The van der Waals surface area contributed by atoms with Gasteiger partial charge >= 0.3 is 0 Å². The lowest BCUT2D eigenvalue weighted by Crippen LogP contribution is -2.00. The Hall–Kier alpha value is -7.41. The largest absolute Gasteiger partial charge is 0.456 e. The van der Waals surface area contributed by atoms with Gasteiger partial charge in [0.1, 0.15) is 22.3 Å². The van der Waals surface area contributed by atoms with Crippen molar-refractivity contribution in [3.8, 4) is 56.4 Å². The Balaban J connectivity index is 1.09. The third-order valence-electron chi connectivity index (χ3n) is 10.9. The maximum atomic E-state index is 6.85. The van der Waals surface area contributed by atoms with Crippen LogP contribution in [0.5, 0.6) is 0 Å². The van der Waals surface area contributed by atoms with Crippen LogP contribution in [0.3, 0.4) is 0 Å². The number of nitrogens with zero attached hydrogens (tertiary/aromatic N) is 3. The third kappa shape index (κ3) is 5.12. The monoisotopic (exact) mass is 747 g/mol. The summed E-state index contributed by atoms with van der Waals surface area (Å²) in [5, 5.41) is 6.78. The van der Waals surface area contributed by atoms with E-state index in [-0.39, 0.29) is 0 Å². The quantitative estimate of drug-likeness (QED) is 0.175. The summed E-state index contributed by atoms with van der Waals surface area (Å²) in [7, 11) is 0. The van der Waals surface area contributed by atoms with Gasteiger partial charge in [-0.2, -0.15) is 0 Å². The topological polar surface area (TPSA) is 65.0 Å². The van der Waals surface area contributed by atoms with Crippen LogP contribution in [0, 0.1) is 0 Å². The van der Waals surface area contributed by atoms with Crippen LogP contribution in [0.1, 0.15) is 0 Å². The molecule has 0 aliphatic heterocycles. The molecule has 4 aromatic heterocycles. The highest BCUT2D eigenvalue weighted by atomic mass is 32.1. The SMILES string of the molecule is c1ccc(-c2nc(-c3ccccc3)nc(-c3cccc4c3oc3cccc(-c5cc(-c6ccc7c(c6)oc6ccccc67)cc6sc7ccccc7c56)c34)n2)cc1. The van der Waals surface area contributed by atoms with E-state index >= 15 is 0 Å². The van der Waals surface area contributed by atoms with Crippen molar-refractivity contribution < 1.29 is 8.83 Å². The highest BCUT2D eigenvalue weighted by Gasteiger charge is 2.22. The standard InChI is InChI=1S/C51H29N3O2S/c1-3-13-30(14-4-1)49-52-50(31-15-5-2-6-16-31)54-51(53-49)39-21-11-20-38-46-36(19-12-23-42(46)56-48(38)39)40-27-33(29-45-47(40)37-18-8-10-24-44(37)57-45)32-25-26-35-34-17-7-9-22-41(34)55-43(35)28-32/h1-29H. The molecule has 8 aromatic carbocycles. The number of fused-ring (bicyclic) bond motifs is 9. The van der Waals surface area contributed by atoms with Crippen LogP contribution in [0.4, 0.5) is 0 Å². The fourth-order valence-electron chi connectivity index (χ4n) is 8.32. The second-order valence-electron chi connectivity index (χ2n) is 14.3. The number of aromatic nitrogens is 3. The van der Waals surface area contributed by atoms with E-state index in [0.717, 1.165) is 82.8 Å². The van der Waals surface area contributed by atoms with Gasteiger partial charge in [-0.15, -0.1) is 11.3 Å². The minimum atomic E-state index is 0.558. The number of benzene rings is 8. The Morgan fingerprint density at radius 2 is 0.965 bits per heavy atom. The number of furan rings is 2. The molecule has 0 amide bonds. The zero-order valence-electron chi connectivity index (χ0n) is 30.3. The van der Waals surface area contributed by atoms with Crippen LogP contribution in [-0.2, 0) is 0 Å². The lowest BCUT2D eigenvalue weighted by molar-refractivity contribution is 0.669. The minimum absolute atomic E-state index is 0.558. The molecule has 12 rings (SSSR count). The first kappa shape index (κ1) is 31.9. The molecule has 5 nitrogen and oxygen atoms in total. The summed E-state index contributed by atoms with van der Waals surface area (Å²) in [6.45, 7) is 0. The molecular formula is C51H29N3O2S. The van der Waals surface area contributed by atoms with Gasteiger partial charge in [0, 0.05) is 52.8 Å². The van der Waals surface area contributed by atoms with Crippen molar-refractivity contribution in [2.45, 2.75) is 0 Å². The molecule has 0 radical (unpaired) electrons. The number of thiophene rings is 1. The lowest BCUT2D eigenvalue weighted by atomic mass is 9.92. The molecule has 0 unspecified atom stereocenters. The fraction of sp³-hybridized carbons (Fsp3) is 0. The summed E-state index contributed by atoms with van der Waals surface area (Å²) in [4.78, 5) is 15.0. The number of para-hydroxylation sites is 2. The summed E-state index contributed by atoms with van der Waals surface area (Å²) in [5.41, 5.74) is 10.5. The molecule has 266 valence electrons. The van der Waals surface area contributed by atoms with Crippen LogP contribution in [-0.4, -0.2) is 15.0 Å². The number of hydrogen-bond donors (Lipinski definition) is 0. The van der Waals surface area contributed by atoms with E-state index in [4.69, 9.17) is 23.8 Å². The minimum Gasteiger partial charge on any atom is -0.456 e. The molecule has 6 heteroatoms. The van der Waals surface area contributed by atoms with Gasteiger partial charge in [-0.25, -0.2) is 15.0 Å². The first-order chi connectivity index (χ1) is 28.2. The van der Waals surface area contributed by atoms with Crippen LogP contribution < -0.4 is 0 Å². The molecule has 0 bridgehead atoms. The van der Waals surface area contributed by atoms with Gasteiger partial charge in [-0.1, -0.05) is 127 Å². The van der Waals surface area contributed by atoms with Crippen molar-refractivity contribution in [1.82, 2.24) is 15.0 Å². The van der Waals surface area contributed by atoms with Gasteiger partial charge < -0.3 is 8.83 Å². The molecule has 0 N–H and O–H groups in total. The van der Waals surface area contributed by atoms with Crippen LogP contribution in [0.25, 0.3) is 120 Å². The van der Waals surface area contributed by atoms with E-state index in [1.54, 1.807) is 0 Å². The molecular weight excluding hydrogens is 719 g/mol. The summed E-state index contributed by atoms with van der Waals surface area (Å²) in [6.07, 6.45) is 0. The predicted octanol–water partition coefficient (Wildman–Crippen LogP) is 14.4. The Labute approximate surface area is 330 Å². The number of rotatable bonds is 5. The maximum Gasteiger partial charge on any atom is 0.167 e. The van der Waals surface area contributed by atoms with E-state index < -0.39 is 0 Å². The maximum absolute atomic E-state index is 6.85. The summed E-state index contributed by atoms with van der Waals surface area (Å²) >= 11 is 1.83. The summed E-state index contributed by atoms with van der Waals surface area (Å²) < 4.78 is 15.7. The molecule has 57 heavy (non-hydrogen) atoms. The van der Waals surface area contributed by atoms with Crippen molar-refractivity contribution >= 4 is 75.4 Å². The predicted molar refractivity (Wildman–Crippen MR) is 234 cm³/mol. The van der Waals surface area contributed by atoms with Crippen molar-refractivity contribution in [3.63, 3.8) is 0 Å². The van der Waals surface area contributed by atoms with Crippen molar-refractivity contribution in [2.75, 3.05) is 0 Å². The van der Waals surface area contributed by atoms with Gasteiger partial charge in [0.05, 0.1) is 5.56 Å². The van der Waals surface area contributed by atoms with Gasteiger partial charge in [-0.05, 0) is 70.8 Å². The fourth-order valence-corrected chi connectivity index (χ4v) is 9.49. The third-order valence-corrected chi connectivity index (χ3v) is 12.1. The van der Waals surface area contributed by atoms with E-state index in [2.05, 4.69) is 97.1 Å². The average molecular weight is 748 g/mol. The zero-order valence-corrected chi connectivity index (χ0v) is 31.1. The van der Waals surface area contributed by atoms with Crippen molar-refractivity contribution in [3.05, 3.63) is 176 Å². The molecule has 0 atom stereocenters. The highest BCUT2D eigenvalue weighted by Crippen LogP contribution is 2.47. The van der Waals surface area contributed by atoms with Crippen molar-refractivity contribution in [2.24, 2.45) is 0 Å². The highest BCUT2D eigenvalue weighted by molar-refractivity contribution is 7.26. The summed E-state index contributed by atoms with van der Waals surface area (Å²) in [6, 6.07) is 60.9. The van der Waals surface area contributed by atoms with E-state index in [1.165, 1.54) is 20.2 Å². The van der Waals surface area contributed by atoms with Crippen LogP contribution in [0.15, 0.2) is 185 Å². The molecule has 0 saturated carbocycles. The van der Waals surface area contributed by atoms with Gasteiger partial charge in [0.2, 0.25) is 0 Å². The second-order valence-corrected chi connectivity index (χ2v) is 15.4. The molecule has 0 aliphatic rings. The number of hydrogen-bond acceptors (Lipinski definition) is 6. The van der Waals surface area contributed by atoms with E-state index in [0.29, 0.717) is 17.5 Å². The Morgan fingerprint density at radius 3 is 1.77 bits per heavy atom. The average Bonchev–Trinajstić information content (AvgIpc) is 3.97. The first-order valence-corrected chi connectivity index (χ1v) is 19.7. The van der Waals surface area contributed by atoms with Crippen molar-refractivity contribution in [1.29, 1.82) is 0 Å². The molecule has 12 aromatic rings. The van der Waals surface area contributed by atoms with Gasteiger partial charge in [-0.3, -0.25) is 0 Å². The molecule has 0 spiro atoms. The Bertz CT molecular complexity index is 3470. The smallest absolute Gasteiger partial charge is 0.167 e. The van der Waals surface area contributed by atoms with Gasteiger partial charge in [0.15, 0.2) is 17.5 Å². The first-order valence-electron chi connectivity index (χ1n) is 18.9. The van der Waals surface area contributed by atoms with Crippen LogP contribution in [0.2, 0.25) is 0 Å². The van der Waals surface area contributed by atoms with E-state index in [9.17, 15) is 0 Å². The second kappa shape index (κ2) is 12.6. The van der Waals surface area contributed by atoms with E-state index in [1.807, 2.05) is 90.2 Å². The molecule has 0 fully saturated rings. The summed E-state index contributed by atoms with van der Waals surface area (Å²) in [5.74, 6) is 1.78. The van der Waals surface area contributed by atoms with Crippen LogP contribution >= 0.6 is 11.3 Å². The molecule has 4 heterocycles.